The lowest BCUT2D eigenvalue weighted by atomic mass is 10.1. The molecule has 0 rings (SSSR count). The first-order valence-electron chi connectivity index (χ1n) is 5.37. The van der Waals surface area contributed by atoms with E-state index in [0.717, 1.165) is 25.0 Å². The smallest absolute Gasteiger partial charge is 0.370 e. The Hall–Kier alpha value is -0.550. The topological polar surface area (TPSA) is 21.3 Å². The van der Waals surface area contributed by atoms with Gasteiger partial charge in [0.05, 0.1) is 6.61 Å². The quantitative estimate of drug-likeness (QED) is 0.658. The molecule has 0 aliphatic rings. The molecule has 1 unspecified atom stereocenters. The van der Waals surface area contributed by atoms with E-state index in [1.807, 2.05) is 13.8 Å². The summed E-state index contributed by atoms with van der Waals surface area (Å²) in [6, 6.07) is -0.0379. The second-order valence-corrected chi connectivity index (χ2v) is 3.88. The Morgan fingerprint density at radius 3 is 2.50 bits per heavy atom. The van der Waals surface area contributed by atoms with Gasteiger partial charge in [0.15, 0.2) is 0 Å². The van der Waals surface area contributed by atoms with Crippen molar-refractivity contribution >= 4 is 0 Å². The normalized spacial score (nSPS) is 13.8. The van der Waals surface area contributed by atoms with Gasteiger partial charge in [-0.25, -0.2) is 0 Å². The van der Waals surface area contributed by atoms with Crippen molar-refractivity contribution in [1.29, 1.82) is 0 Å². The average Bonchev–Trinajstić information content (AvgIpc) is 2.12. The monoisotopic (exact) mass is 239 g/mol. The van der Waals surface area contributed by atoms with Crippen molar-refractivity contribution in [1.82, 2.24) is 5.32 Å². The third-order valence-electron chi connectivity index (χ3n) is 2.00. The molecule has 0 saturated carbocycles. The highest BCUT2D eigenvalue weighted by molar-refractivity contribution is 4.89. The molecule has 0 aromatic heterocycles. The molecule has 0 heterocycles. The van der Waals surface area contributed by atoms with Crippen LogP contribution in [0.5, 0.6) is 0 Å². The van der Waals surface area contributed by atoms with Crippen LogP contribution in [-0.2, 0) is 4.74 Å². The van der Waals surface area contributed by atoms with Crippen LogP contribution in [0.4, 0.5) is 13.2 Å². The predicted molar refractivity (Wildman–Crippen MR) is 58.4 cm³/mol. The van der Waals surface area contributed by atoms with Gasteiger partial charge in [0.2, 0.25) is 0 Å². The van der Waals surface area contributed by atoms with E-state index in [0.29, 0.717) is 0 Å². The summed E-state index contributed by atoms with van der Waals surface area (Å²) in [7, 11) is 0. The van der Waals surface area contributed by atoms with Gasteiger partial charge in [-0.15, -0.1) is 6.58 Å². The van der Waals surface area contributed by atoms with Crippen LogP contribution < -0.4 is 5.32 Å². The van der Waals surface area contributed by atoms with E-state index in [4.69, 9.17) is 0 Å². The van der Waals surface area contributed by atoms with Crippen molar-refractivity contribution in [2.24, 2.45) is 0 Å². The van der Waals surface area contributed by atoms with E-state index in [1.54, 1.807) is 0 Å². The standard InChI is InChI=1S/C11H20F3NO/c1-4-15-10(6-5-9(2)3)7-16-8-11(12,13)14/h10,15H,2,4-8H2,1,3H3. The summed E-state index contributed by atoms with van der Waals surface area (Å²) in [5.74, 6) is 0. The summed E-state index contributed by atoms with van der Waals surface area (Å²) in [4.78, 5) is 0. The third kappa shape index (κ3) is 9.98. The molecule has 5 heteroatoms. The molecule has 0 aromatic rings. The van der Waals surface area contributed by atoms with Gasteiger partial charge in [0.1, 0.15) is 6.61 Å². The van der Waals surface area contributed by atoms with E-state index < -0.39 is 12.8 Å². The van der Waals surface area contributed by atoms with Gasteiger partial charge in [0.25, 0.3) is 0 Å². The zero-order chi connectivity index (χ0) is 12.6. The van der Waals surface area contributed by atoms with E-state index in [-0.39, 0.29) is 12.6 Å². The summed E-state index contributed by atoms with van der Waals surface area (Å²) < 4.78 is 40.2. The SMILES string of the molecule is C=C(C)CCC(COCC(F)(F)F)NCC. The fourth-order valence-electron chi connectivity index (χ4n) is 1.27. The number of hydrogen-bond donors (Lipinski definition) is 1. The maximum Gasteiger partial charge on any atom is 0.411 e. The number of rotatable bonds is 8. The molecule has 16 heavy (non-hydrogen) atoms. The van der Waals surface area contributed by atoms with Crippen LogP contribution in [0, 0.1) is 0 Å². The molecule has 0 aromatic carbocycles. The highest BCUT2D eigenvalue weighted by Crippen LogP contribution is 2.15. The maximum absolute atomic E-state index is 11.8. The molecule has 0 spiro atoms. The summed E-state index contributed by atoms with van der Waals surface area (Å²) in [5.41, 5.74) is 1.03. The molecule has 0 aliphatic heterocycles. The molecule has 1 atom stereocenters. The van der Waals surface area contributed by atoms with E-state index in [1.165, 1.54) is 0 Å². The molecule has 1 N–H and O–H groups in total. The van der Waals surface area contributed by atoms with Gasteiger partial charge in [-0.2, -0.15) is 13.2 Å². The van der Waals surface area contributed by atoms with Gasteiger partial charge in [-0.3, -0.25) is 0 Å². The number of hydrogen-bond acceptors (Lipinski definition) is 2. The van der Waals surface area contributed by atoms with Gasteiger partial charge in [-0.1, -0.05) is 12.5 Å². The van der Waals surface area contributed by atoms with Crippen molar-refractivity contribution in [3.05, 3.63) is 12.2 Å². The van der Waals surface area contributed by atoms with Crippen LogP contribution in [0.2, 0.25) is 0 Å². The van der Waals surface area contributed by atoms with Crippen molar-refractivity contribution < 1.29 is 17.9 Å². The Morgan fingerprint density at radius 1 is 1.44 bits per heavy atom. The van der Waals surface area contributed by atoms with Crippen molar-refractivity contribution in [3.63, 3.8) is 0 Å². The van der Waals surface area contributed by atoms with Crippen LogP contribution in [0.25, 0.3) is 0 Å². The molecular weight excluding hydrogens is 219 g/mol. The maximum atomic E-state index is 11.8. The molecule has 0 fully saturated rings. The third-order valence-corrected chi connectivity index (χ3v) is 2.00. The van der Waals surface area contributed by atoms with Crippen molar-refractivity contribution in [2.75, 3.05) is 19.8 Å². The minimum Gasteiger partial charge on any atom is -0.370 e. The highest BCUT2D eigenvalue weighted by Gasteiger charge is 2.27. The number of halogens is 3. The van der Waals surface area contributed by atoms with Crippen LogP contribution >= 0.6 is 0 Å². The molecule has 0 saturated heterocycles. The van der Waals surface area contributed by atoms with Crippen LogP contribution in [0.15, 0.2) is 12.2 Å². The number of alkyl halides is 3. The number of ether oxygens (including phenoxy) is 1. The Labute approximate surface area is 94.9 Å². The van der Waals surface area contributed by atoms with Crippen LogP contribution in [-0.4, -0.2) is 32.0 Å². The first-order chi connectivity index (χ1) is 7.35. The zero-order valence-corrected chi connectivity index (χ0v) is 9.86. The zero-order valence-electron chi connectivity index (χ0n) is 9.86. The lowest BCUT2D eigenvalue weighted by molar-refractivity contribution is -0.175. The summed E-state index contributed by atoms with van der Waals surface area (Å²) >= 11 is 0. The lowest BCUT2D eigenvalue weighted by Crippen LogP contribution is -2.34. The lowest BCUT2D eigenvalue weighted by Gasteiger charge is -2.18. The van der Waals surface area contributed by atoms with Gasteiger partial charge >= 0.3 is 6.18 Å². The molecule has 0 radical (unpaired) electrons. The molecule has 0 aliphatic carbocycles. The first-order valence-corrected chi connectivity index (χ1v) is 5.37. The fraction of sp³-hybridized carbons (Fsp3) is 0.818. The minimum absolute atomic E-state index is 0.0379. The average molecular weight is 239 g/mol. The molecule has 2 nitrogen and oxygen atoms in total. The number of allylic oxidation sites excluding steroid dienone is 1. The summed E-state index contributed by atoms with van der Waals surface area (Å²) in [6.45, 7) is 7.20. The van der Waals surface area contributed by atoms with Gasteiger partial charge < -0.3 is 10.1 Å². The van der Waals surface area contributed by atoms with E-state index in [9.17, 15) is 13.2 Å². The summed E-state index contributed by atoms with van der Waals surface area (Å²) in [6.07, 6.45) is -2.70. The van der Waals surface area contributed by atoms with Gasteiger partial charge in [-0.05, 0) is 26.3 Å². The Morgan fingerprint density at radius 2 is 2.06 bits per heavy atom. The Bertz CT molecular complexity index is 204. The Balaban J connectivity index is 3.80. The van der Waals surface area contributed by atoms with E-state index in [2.05, 4.69) is 16.6 Å². The molecule has 0 amide bonds. The first kappa shape index (κ1) is 15.4. The largest absolute Gasteiger partial charge is 0.411 e. The molecule has 96 valence electrons. The number of likely N-dealkylation sites (N-methyl/N-ethyl adjacent to an activating group) is 1. The second-order valence-electron chi connectivity index (χ2n) is 3.88. The van der Waals surface area contributed by atoms with Crippen LogP contribution in [0.3, 0.4) is 0 Å². The highest BCUT2D eigenvalue weighted by atomic mass is 19.4. The number of nitrogens with one attached hydrogen (secondary N) is 1. The Kier molecular flexibility index (Phi) is 7.42. The van der Waals surface area contributed by atoms with Crippen LogP contribution in [0.1, 0.15) is 26.7 Å². The van der Waals surface area contributed by atoms with Gasteiger partial charge in [0, 0.05) is 6.04 Å². The minimum atomic E-state index is -4.24. The second kappa shape index (κ2) is 7.68. The van der Waals surface area contributed by atoms with E-state index >= 15 is 0 Å². The molecule has 0 bridgehead atoms. The van der Waals surface area contributed by atoms with Crippen molar-refractivity contribution in [3.8, 4) is 0 Å². The van der Waals surface area contributed by atoms with Crippen molar-refractivity contribution in [2.45, 2.75) is 38.9 Å². The fourth-order valence-corrected chi connectivity index (χ4v) is 1.27. The summed E-state index contributed by atoms with van der Waals surface area (Å²) in [5, 5.41) is 3.09. The molecular formula is C11H20F3NO. The predicted octanol–water partition coefficient (Wildman–Crippen LogP) is 2.90.